The number of benzene rings is 1. The second-order valence-corrected chi connectivity index (χ2v) is 4.15. The highest BCUT2D eigenvalue weighted by Gasteiger charge is 2.19. The molecule has 76 valence electrons. The molecular weight excluding hydrogens is 184 g/mol. The number of rotatable bonds is 0. The van der Waals surface area contributed by atoms with E-state index in [1.165, 1.54) is 34.9 Å². The quantitative estimate of drug-likeness (QED) is 0.636. The predicted octanol–water partition coefficient (Wildman–Crippen LogP) is 2.92. The molecule has 1 aromatic carbocycles. The summed E-state index contributed by atoms with van der Waals surface area (Å²) in [5.41, 5.74) is 5.49. The van der Waals surface area contributed by atoms with E-state index < -0.39 is 0 Å². The molecule has 2 nitrogen and oxygen atoms in total. The summed E-state index contributed by atoms with van der Waals surface area (Å²) in [7, 11) is 1.98. The third-order valence-corrected chi connectivity index (χ3v) is 3.22. The Balaban J connectivity index is 2.42. The van der Waals surface area contributed by atoms with Gasteiger partial charge in [0, 0.05) is 18.6 Å². The minimum Gasteiger partial charge on any atom is -0.275 e. The van der Waals surface area contributed by atoms with Crippen molar-refractivity contribution in [3.63, 3.8) is 0 Å². The fourth-order valence-corrected chi connectivity index (χ4v) is 2.53. The molecule has 1 aliphatic carbocycles. The molecule has 0 bridgehead atoms. The first-order valence-electron chi connectivity index (χ1n) is 5.40. The highest BCUT2D eigenvalue weighted by atomic mass is 15.2. The van der Waals surface area contributed by atoms with Crippen molar-refractivity contribution in [3.8, 4) is 0 Å². The summed E-state index contributed by atoms with van der Waals surface area (Å²) in [5.74, 6) is 0. The van der Waals surface area contributed by atoms with Crippen LogP contribution in [-0.2, 0) is 13.5 Å². The SMILES string of the molecule is C/C=C1\CCc2ccc3nn(C)cc3c21. The monoisotopic (exact) mass is 198 g/mol. The summed E-state index contributed by atoms with van der Waals surface area (Å²) in [6.07, 6.45) is 6.72. The molecule has 15 heavy (non-hydrogen) atoms. The minimum absolute atomic E-state index is 1.11. The van der Waals surface area contributed by atoms with E-state index in [0.717, 1.165) is 5.52 Å². The van der Waals surface area contributed by atoms with Gasteiger partial charge in [-0.05, 0) is 42.5 Å². The molecule has 0 fully saturated rings. The summed E-state index contributed by atoms with van der Waals surface area (Å²) in [4.78, 5) is 0. The Kier molecular flexibility index (Phi) is 1.72. The first-order valence-corrected chi connectivity index (χ1v) is 5.40. The van der Waals surface area contributed by atoms with Crippen LogP contribution in [0.2, 0.25) is 0 Å². The van der Waals surface area contributed by atoms with Crippen molar-refractivity contribution >= 4 is 16.5 Å². The smallest absolute Gasteiger partial charge is 0.0929 e. The van der Waals surface area contributed by atoms with Crippen LogP contribution in [0.5, 0.6) is 0 Å². The molecule has 0 unspecified atom stereocenters. The zero-order chi connectivity index (χ0) is 10.4. The molecular formula is C13H14N2. The van der Waals surface area contributed by atoms with Crippen molar-refractivity contribution in [1.29, 1.82) is 0 Å². The first kappa shape index (κ1) is 8.72. The Morgan fingerprint density at radius 2 is 2.20 bits per heavy atom. The van der Waals surface area contributed by atoms with Gasteiger partial charge in [-0.15, -0.1) is 0 Å². The number of aryl methyl sites for hydroxylation is 2. The van der Waals surface area contributed by atoms with Gasteiger partial charge in [-0.1, -0.05) is 12.1 Å². The van der Waals surface area contributed by atoms with Gasteiger partial charge in [0.1, 0.15) is 0 Å². The second-order valence-electron chi connectivity index (χ2n) is 4.15. The molecule has 0 N–H and O–H groups in total. The zero-order valence-corrected chi connectivity index (χ0v) is 9.12. The molecule has 0 amide bonds. The number of aromatic nitrogens is 2. The van der Waals surface area contributed by atoms with Crippen LogP contribution in [0.15, 0.2) is 24.4 Å². The van der Waals surface area contributed by atoms with E-state index in [4.69, 9.17) is 0 Å². The van der Waals surface area contributed by atoms with Gasteiger partial charge in [-0.3, -0.25) is 4.68 Å². The average Bonchev–Trinajstić information content (AvgIpc) is 2.78. The van der Waals surface area contributed by atoms with Gasteiger partial charge < -0.3 is 0 Å². The molecule has 0 aliphatic heterocycles. The lowest BCUT2D eigenvalue weighted by Crippen LogP contribution is -1.84. The molecule has 0 atom stereocenters. The van der Waals surface area contributed by atoms with E-state index in [-0.39, 0.29) is 0 Å². The lowest BCUT2D eigenvalue weighted by atomic mass is 10.0. The van der Waals surface area contributed by atoms with E-state index in [1.807, 2.05) is 11.7 Å². The first-order chi connectivity index (χ1) is 7.29. The molecule has 1 heterocycles. The number of nitrogens with zero attached hydrogens (tertiary/aromatic N) is 2. The fraction of sp³-hybridized carbons (Fsp3) is 0.308. The summed E-state index contributed by atoms with van der Waals surface area (Å²) < 4.78 is 1.90. The molecule has 0 saturated heterocycles. The summed E-state index contributed by atoms with van der Waals surface area (Å²) in [6.45, 7) is 2.12. The van der Waals surface area contributed by atoms with Crippen molar-refractivity contribution in [2.24, 2.45) is 7.05 Å². The van der Waals surface area contributed by atoms with Crippen LogP contribution in [0.1, 0.15) is 24.5 Å². The van der Waals surface area contributed by atoms with E-state index in [1.54, 1.807) is 0 Å². The maximum atomic E-state index is 4.45. The number of fused-ring (bicyclic) bond motifs is 3. The molecule has 2 heteroatoms. The van der Waals surface area contributed by atoms with Crippen molar-refractivity contribution in [3.05, 3.63) is 35.5 Å². The standard InChI is InChI=1S/C13H14N2/c1-3-9-4-5-10-6-7-12-11(13(9)10)8-15(2)14-12/h3,6-8H,4-5H2,1-2H3/b9-3+. The summed E-state index contributed by atoms with van der Waals surface area (Å²) in [5, 5.41) is 5.75. The molecule has 1 aliphatic rings. The van der Waals surface area contributed by atoms with Crippen LogP contribution in [0.25, 0.3) is 16.5 Å². The number of hydrogen-bond acceptors (Lipinski definition) is 1. The van der Waals surface area contributed by atoms with E-state index in [9.17, 15) is 0 Å². The maximum Gasteiger partial charge on any atom is 0.0929 e. The highest BCUT2D eigenvalue weighted by Crippen LogP contribution is 2.36. The Bertz CT molecular complexity index is 561. The third-order valence-electron chi connectivity index (χ3n) is 3.22. The third kappa shape index (κ3) is 1.14. The van der Waals surface area contributed by atoms with Crippen molar-refractivity contribution < 1.29 is 0 Å². The molecule has 1 aromatic heterocycles. The van der Waals surface area contributed by atoms with E-state index in [2.05, 4.69) is 36.4 Å². The molecule has 0 saturated carbocycles. The Morgan fingerprint density at radius 3 is 3.00 bits per heavy atom. The van der Waals surface area contributed by atoms with Gasteiger partial charge in [-0.2, -0.15) is 5.10 Å². The Hall–Kier alpha value is -1.57. The van der Waals surface area contributed by atoms with Crippen molar-refractivity contribution in [2.45, 2.75) is 19.8 Å². The van der Waals surface area contributed by atoms with Crippen LogP contribution in [0, 0.1) is 0 Å². The van der Waals surface area contributed by atoms with Gasteiger partial charge in [0.2, 0.25) is 0 Å². The molecule has 0 spiro atoms. The zero-order valence-electron chi connectivity index (χ0n) is 9.12. The maximum absolute atomic E-state index is 4.45. The largest absolute Gasteiger partial charge is 0.275 e. The Labute approximate surface area is 89.2 Å². The predicted molar refractivity (Wildman–Crippen MR) is 62.7 cm³/mol. The van der Waals surface area contributed by atoms with E-state index >= 15 is 0 Å². The topological polar surface area (TPSA) is 17.8 Å². The van der Waals surface area contributed by atoms with E-state index in [0.29, 0.717) is 0 Å². The van der Waals surface area contributed by atoms with Gasteiger partial charge in [0.15, 0.2) is 0 Å². The number of allylic oxidation sites excluding steroid dienone is 2. The fourth-order valence-electron chi connectivity index (χ4n) is 2.53. The van der Waals surface area contributed by atoms with Gasteiger partial charge in [0.05, 0.1) is 5.52 Å². The summed E-state index contributed by atoms with van der Waals surface area (Å²) >= 11 is 0. The normalized spacial score (nSPS) is 17.6. The highest BCUT2D eigenvalue weighted by molar-refractivity contribution is 5.94. The van der Waals surface area contributed by atoms with Gasteiger partial charge in [-0.25, -0.2) is 0 Å². The minimum atomic E-state index is 1.11. The Morgan fingerprint density at radius 1 is 1.33 bits per heavy atom. The summed E-state index contributed by atoms with van der Waals surface area (Å²) in [6, 6.07) is 4.36. The van der Waals surface area contributed by atoms with Gasteiger partial charge >= 0.3 is 0 Å². The van der Waals surface area contributed by atoms with Crippen molar-refractivity contribution in [2.75, 3.05) is 0 Å². The van der Waals surface area contributed by atoms with Crippen molar-refractivity contribution in [1.82, 2.24) is 9.78 Å². The average molecular weight is 198 g/mol. The van der Waals surface area contributed by atoms with Crippen LogP contribution in [0.4, 0.5) is 0 Å². The number of hydrogen-bond donors (Lipinski definition) is 0. The lowest BCUT2D eigenvalue weighted by Gasteiger charge is -2.01. The second kappa shape index (κ2) is 2.96. The van der Waals surface area contributed by atoms with Crippen LogP contribution >= 0.6 is 0 Å². The molecule has 0 radical (unpaired) electrons. The molecule has 2 aromatic rings. The van der Waals surface area contributed by atoms with Crippen LogP contribution in [-0.4, -0.2) is 9.78 Å². The van der Waals surface area contributed by atoms with Crippen LogP contribution < -0.4 is 0 Å². The lowest BCUT2D eigenvalue weighted by molar-refractivity contribution is 0.779. The van der Waals surface area contributed by atoms with Gasteiger partial charge in [0.25, 0.3) is 0 Å². The molecule has 3 rings (SSSR count). The van der Waals surface area contributed by atoms with Crippen LogP contribution in [0.3, 0.4) is 0 Å².